The van der Waals surface area contributed by atoms with E-state index >= 15 is 0 Å². The van der Waals surface area contributed by atoms with Crippen molar-refractivity contribution in [2.75, 3.05) is 31.0 Å². The molecule has 0 spiro atoms. The number of hydrogen-bond acceptors (Lipinski definition) is 7. The first-order chi connectivity index (χ1) is 16.8. The molecule has 3 heterocycles. The Kier molecular flexibility index (Phi) is 6.49. The maximum atomic E-state index is 14.1. The third kappa shape index (κ3) is 5.03. The van der Waals surface area contributed by atoms with E-state index in [-0.39, 0.29) is 5.69 Å². The van der Waals surface area contributed by atoms with Gasteiger partial charge in [0.15, 0.2) is 0 Å². The molecule has 1 aliphatic heterocycles. The molecular weight excluding hydrogens is 494 g/mol. The van der Waals surface area contributed by atoms with Crippen LogP contribution >= 0.6 is 11.3 Å². The number of morpholine rings is 1. The lowest BCUT2D eigenvalue weighted by Gasteiger charge is -2.26. The minimum absolute atomic E-state index is 0.256. The van der Waals surface area contributed by atoms with Crippen molar-refractivity contribution >= 4 is 37.4 Å². The monoisotopic (exact) mass is 516 g/mol. The van der Waals surface area contributed by atoms with Gasteiger partial charge in [-0.2, -0.15) is 0 Å². The normalized spacial score (nSPS) is 14.9. The van der Waals surface area contributed by atoms with E-state index in [1.54, 1.807) is 19.1 Å². The van der Waals surface area contributed by atoms with Gasteiger partial charge in [0.2, 0.25) is 0 Å². The van der Waals surface area contributed by atoms with E-state index in [1.807, 2.05) is 18.3 Å². The Bertz CT molecular complexity index is 1500. The van der Waals surface area contributed by atoms with Crippen LogP contribution in [0.15, 0.2) is 53.6 Å². The zero-order valence-corrected chi connectivity index (χ0v) is 20.4. The highest BCUT2D eigenvalue weighted by atomic mass is 32.2. The van der Waals surface area contributed by atoms with E-state index < -0.39 is 26.6 Å². The Labute approximate surface area is 205 Å². The number of nitrogens with zero attached hydrogens (tertiary/aromatic N) is 3. The molecule has 0 saturated carbocycles. The average Bonchev–Trinajstić information content (AvgIpc) is 3.25. The summed E-state index contributed by atoms with van der Waals surface area (Å²) in [5.74, 6) is -1.87. The summed E-state index contributed by atoms with van der Waals surface area (Å²) in [5, 5.41) is 0.687. The molecule has 0 unspecified atom stereocenters. The number of thiazole rings is 1. The summed E-state index contributed by atoms with van der Waals surface area (Å²) in [7, 11) is -4.34. The second-order valence-electron chi connectivity index (χ2n) is 8.23. The molecule has 0 bridgehead atoms. The number of anilines is 1. The molecule has 2 aromatic heterocycles. The molecule has 1 aliphatic rings. The second-order valence-corrected chi connectivity index (χ2v) is 10.9. The van der Waals surface area contributed by atoms with E-state index in [4.69, 9.17) is 9.72 Å². The first-order valence-electron chi connectivity index (χ1n) is 10.9. The molecule has 1 fully saturated rings. The summed E-state index contributed by atoms with van der Waals surface area (Å²) in [6.07, 6.45) is 1.85. The fourth-order valence-electron chi connectivity index (χ4n) is 3.94. The molecule has 4 aromatic rings. The summed E-state index contributed by atoms with van der Waals surface area (Å²) in [6, 6.07) is 9.42. The van der Waals surface area contributed by atoms with Crippen LogP contribution in [0.2, 0.25) is 0 Å². The lowest BCUT2D eigenvalue weighted by atomic mass is 10.1. The standard InChI is InChI=1S/C24H22F2N4O3S2/c1-15-18(3-2-4-20(15)29-35(31,32)22-12-17(25)5-6-19(22)26)23-28-21-11-16(13-27-24(21)34-23)14-30-7-9-33-10-8-30/h2-6,11-13,29H,7-10,14H2,1H3. The predicted molar refractivity (Wildman–Crippen MR) is 131 cm³/mol. The number of nitrogens with one attached hydrogen (secondary N) is 1. The van der Waals surface area contributed by atoms with Gasteiger partial charge in [0.1, 0.15) is 31.9 Å². The zero-order chi connectivity index (χ0) is 24.6. The van der Waals surface area contributed by atoms with Gasteiger partial charge in [-0.25, -0.2) is 27.2 Å². The number of sulfonamides is 1. The lowest BCUT2D eigenvalue weighted by molar-refractivity contribution is 0.0341. The zero-order valence-electron chi connectivity index (χ0n) is 18.8. The highest BCUT2D eigenvalue weighted by Crippen LogP contribution is 2.35. The van der Waals surface area contributed by atoms with Crippen LogP contribution in [0.5, 0.6) is 0 Å². The molecule has 0 atom stereocenters. The topological polar surface area (TPSA) is 84.4 Å². The van der Waals surface area contributed by atoms with Crippen molar-refractivity contribution in [1.82, 2.24) is 14.9 Å². The number of hydrogen-bond donors (Lipinski definition) is 1. The van der Waals surface area contributed by atoms with Crippen LogP contribution in [0, 0.1) is 18.6 Å². The third-order valence-corrected chi connectivity index (χ3v) is 8.20. The van der Waals surface area contributed by atoms with Crippen LogP contribution in [-0.2, 0) is 21.3 Å². The predicted octanol–water partition coefficient (Wildman–Crippen LogP) is 4.58. The highest BCUT2D eigenvalue weighted by Gasteiger charge is 2.22. The van der Waals surface area contributed by atoms with E-state index in [9.17, 15) is 17.2 Å². The number of rotatable bonds is 6. The Morgan fingerprint density at radius 3 is 2.74 bits per heavy atom. The Morgan fingerprint density at radius 1 is 1.14 bits per heavy atom. The Balaban J connectivity index is 1.43. The summed E-state index contributed by atoms with van der Waals surface area (Å²) in [5.41, 5.74) is 3.42. The number of benzene rings is 2. The fourth-order valence-corrected chi connectivity index (χ4v) is 6.13. The molecule has 1 saturated heterocycles. The van der Waals surface area contributed by atoms with E-state index in [2.05, 4.69) is 14.6 Å². The van der Waals surface area contributed by atoms with E-state index in [0.717, 1.165) is 66.5 Å². The Hall–Kier alpha value is -2.99. The van der Waals surface area contributed by atoms with Crippen LogP contribution < -0.4 is 4.72 Å². The lowest BCUT2D eigenvalue weighted by Crippen LogP contribution is -2.35. The van der Waals surface area contributed by atoms with Gasteiger partial charge in [0, 0.05) is 31.4 Å². The molecule has 5 rings (SSSR count). The van der Waals surface area contributed by atoms with Crippen LogP contribution in [-0.4, -0.2) is 49.6 Å². The molecule has 2 aromatic carbocycles. The molecule has 0 radical (unpaired) electrons. The molecular formula is C24H22F2N4O3S2. The van der Waals surface area contributed by atoms with Gasteiger partial charge in [0.25, 0.3) is 10.0 Å². The van der Waals surface area contributed by atoms with Crippen molar-refractivity contribution < 1.29 is 21.9 Å². The van der Waals surface area contributed by atoms with Crippen molar-refractivity contribution in [3.8, 4) is 10.6 Å². The van der Waals surface area contributed by atoms with Crippen molar-refractivity contribution in [3.63, 3.8) is 0 Å². The number of aromatic nitrogens is 2. The van der Waals surface area contributed by atoms with Crippen molar-refractivity contribution in [2.45, 2.75) is 18.4 Å². The number of fused-ring (bicyclic) bond motifs is 1. The fraction of sp³-hybridized carbons (Fsp3) is 0.250. The second kappa shape index (κ2) is 9.57. The average molecular weight is 517 g/mol. The summed E-state index contributed by atoms with van der Waals surface area (Å²) >= 11 is 1.40. The van der Waals surface area contributed by atoms with Crippen LogP contribution in [0.25, 0.3) is 20.9 Å². The molecule has 35 heavy (non-hydrogen) atoms. The van der Waals surface area contributed by atoms with Crippen LogP contribution in [0.4, 0.5) is 14.5 Å². The largest absolute Gasteiger partial charge is 0.379 e. The van der Waals surface area contributed by atoms with Crippen LogP contribution in [0.3, 0.4) is 0 Å². The van der Waals surface area contributed by atoms with Crippen molar-refractivity contribution in [3.05, 3.63) is 71.4 Å². The molecule has 182 valence electrons. The SMILES string of the molecule is Cc1c(NS(=O)(=O)c2cc(F)ccc2F)cccc1-c1nc2cc(CN3CCOCC3)cnc2s1. The van der Waals surface area contributed by atoms with Crippen molar-refractivity contribution in [2.24, 2.45) is 0 Å². The van der Waals surface area contributed by atoms with Gasteiger partial charge in [-0.15, -0.1) is 0 Å². The van der Waals surface area contributed by atoms with Gasteiger partial charge < -0.3 is 4.74 Å². The van der Waals surface area contributed by atoms with E-state index in [0.29, 0.717) is 16.6 Å². The summed E-state index contributed by atoms with van der Waals surface area (Å²) < 4.78 is 61.0. The maximum absolute atomic E-state index is 14.1. The maximum Gasteiger partial charge on any atom is 0.264 e. The molecule has 0 amide bonds. The molecule has 11 heteroatoms. The number of pyridine rings is 1. The molecule has 7 nitrogen and oxygen atoms in total. The molecule has 0 aliphatic carbocycles. The van der Waals surface area contributed by atoms with Gasteiger partial charge in [0.05, 0.1) is 18.9 Å². The Morgan fingerprint density at radius 2 is 1.94 bits per heavy atom. The first-order valence-corrected chi connectivity index (χ1v) is 13.2. The third-order valence-electron chi connectivity index (χ3n) is 5.81. The van der Waals surface area contributed by atoms with Crippen LogP contribution in [0.1, 0.15) is 11.1 Å². The van der Waals surface area contributed by atoms with Crippen molar-refractivity contribution in [1.29, 1.82) is 0 Å². The minimum Gasteiger partial charge on any atom is -0.379 e. The number of halogens is 2. The number of ether oxygens (including phenoxy) is 1. The summed E-state index contributed by atoms with van der Waals surface area (Å²) in [6.45, 7) is 5.72. The summed E-state index contributed by atoms with van der Waals surface area (Å²) in [4.78, 5) is 11.6. The van der Waals surface area contributed by atoms with Gasteiger partial charge in [-0.1, -0.05) is 23.5 Å². The van der Waals surface area contributed by atoms with Gasteiger partial charge in [-0.05, 0) is 48.4 Å². The van der Waals surface area contributed by atoms with Gasteiger partial charge >= 0.3 is 0 Å². The molecule has 1 N–H and O–H groups in total. The van der Waals surface area contributed by atoms with E-state index in [1.165, 1.54) is 11.3 Å². The van der Waals surface area contributed by atoms with Gasteiger partial charge in [-0.3, -0.25) is 9.62 Å². The minimum atomic E-state index is -4.34. The smallest absolute Gasteiger partial charge is 0.264 e. The first kappa shape index (κ1) is 23.7. The highest BCUT2D eigenvalue weighted by molar-refractivity contribution is 7.92. The quantitative estimate of drug-likeness (QED) is 0.404.